The van der Waals surface area contributed by atoms with E-state index in [0.29, 0.717) is 11.5 Å². The zero-order valence-electron chi connectivity index (χ0n) is 15.3. The van der Waals surface area contributed by atoms with E-state index in [1.54, 1.807) is 12.1 Å². The normalized spacial score (nSPS) is 14.5. The van der Waals surface area contributed by atoms with Crippen molar-refractivity contribution < 1.29 is 10.2 Å². The molecule has 2 N–H and O–H groups in total. The zero-order chi connectivity index (χ0) is 17.5. The third kappa shape index (κ3) is 6.54. The second-order valence-electron chi connectivity index (χ2n) is 7.29. The predicted octanol–water partition coefficient (Wildman–Crippen LogP) is 4.80. The summed E-state index contributed by atoms with van der Waals surface area (Å²) < 4.78 is 0. The van der Waals surface area contributed by atoms with Crippen molar-refractivity contribution in [2.75, 3.05) is 19.6 Å². The van der Waals surface area contributed by atoms with Crippen molar-refractivity contribution in [2.45, 2.75) is 38.5 Å². The number of rotatable bonds is 8. The molecular formula is C22H30ClNO2. The monoisotopic (exact) mass is 375 g/mol. The molecule has 0 saturated heterocycles. The third-order valence-corrected chi connectivity index (χ3v) is 5.25. The second-order valence-corrected chi connectivity index (χ2v) is 7.29. The molecule has 3 rings (SSSR count). The average Bonchev–Trinajstić information content (AvgIpc) is 3.10. The number of halogens is 1. The van der Waals surface area contributed by atoms with Gasteiger partial charge in [0, 0.05) is 19.6 Å². The SMILES string of the molecule is Cl.Oc1cccc(CCN(CCc2cccc(O)c2)CC2CCCC2)c1. The minimum absolute atomic E-state index is 0. The van der Waals surface area contributed by atoms with Crippen LogP contribution in [-0.4, -0.2) is 34.7 Å². The molecule has 2 aromatic carbocycles. The van der Waals surface area contributed by atoms with Gasteiger partial charge in [-0.05, 0) is 67.0 Å². The van der Waals surface area contributed by atoms with E-state index < -0.39 is 0 Å². The van der Waals surface area contributed by atoms with Crippen LogP contribution in [0.25, 0.3) is 0 Å². The highest BCUT2D eigenvalue weighted by Crippen LogP contribution is 2.26. The maximum absolute atomic E-state index is 9.65. The minimum atomic E-state index is 0. The van der Waals surface area contributed by atoms with Gasteiger partial charge in [0.1, 0.15) is 11.5 Å². The number of phenolic OH excluding ortho intramolecular Hbond substituents is 2. The van der Waals surface area contributed by atoms with Crippen LogP contribution in [0.4, 0.5) is 0 Å². The van der Waals surface area contributed by atoms with Crippen LogP contribution in [-0.2, 0) is 12.8 Å². The fraction of sp³-hybridized carbons (Fsp3) is 0.455. The number of hydrogen-bond donors (Lipinski definition) is 2. The fourth-order valence-corrected chi connectivity index (χ4v) is 3.85. The van der Waals surface area contributed by atoms with Gasteiger partial charge in [-0.3, -0.25) is 0 Å². The predicted molar refractivity (Wildman–Crippen MR) is 109 cm³/mol. The molecule has 0 radical (unpaired) electrons. The first-order valence-electron chi connectivity index (χ1n) is 9.47. The van der Waals surface area contributed by atoms with Gasteiger partial charge in [0.05, 0.1) is 0 Å². The summed E-state index contributed by atoms with van der Waals surface area (Å²) in [5.74, 6) is 1.52. The van der Waals surface area contributed by atoms with Gasteiger partial charge in [-0.1, -0.05) is 37.1 Å². The molecule has 142 valence electrons. The summed E-state index contributed by atoms with van der Waals surface area (Å²) in [7, 11) is 0. The van der Waals surface area contributed by atoms with E-state index in [1.807, 2.05) is 24.3 Å². The second kappa shape index (κ2) is 10.4. The van der Waals surface area contributed by atoms with Gasteiger partial charge in [0.15, 0.2) is 0 Å². The first kappa shape index (κ1) is 20.6. The van der Waals surface area contributed by atoms with Gasteiger partial charge >= 0.3 is 0 Å². The summed E-state index contributed by atoms with van der Waals surface area (Å²) >= 11 is 0. The van der Waals surface area contributed by atoms with Crippen molar-refractivity contribution in [2.24, 2.45) is 5.92 Å². The van der Waals surface area contributed by atoms with Gasteiger partial charge in [0.2, 0.25) is 0 Å². The largest absolute Gasteiger partial charge is 0.508 e. The minimum Gasteiger partial charge on any atom is -0.508 e. The summed E-state index contributed by atoms with van der Waals surface area (Å²) in [4.78, 5) is 2.56. The van der Waals surface area contributed by atoms with Crippen LogP contribution in [0.3, 0.4) is 0 Å². The van der Waals surface area contributed by atoms with E-state index in [1.165, 1.54) is 36.8 Å². The van der Waals surface area contributed by atoms with Crippen molar-refractivity contribution in [1.82, 2.24) is 4.90 Å². The molecule has 1 fully saturated rings. The Bertz CT molecular complexity index is 621. The summed E-state index contributed by atoms with van der Waals surface area (Å²) in [6.45, 7) is 3.19. The van der Waals surface area contributed by atoms with Crippen molar-refractivity contribution in [3.8, 4) is 11.5 Å². The van der Waals surface area contributed by atoms with Gasteiger partial charge in [-0.25, -0.2) is 0 Å². The molecule has 1 aliphatic carbocycles. The topological polar surface area (TPSA) is 43.7 Å². The molecule has 2 aromatic rings. The molecule has 0 amide bonds. The fourth-order valence-electron chi connectivity index (χ4n) is 3.85. The lowest BCUT2D eigenvalue weighted by molar-refractivity contribution is 0.236. The van der Waals surface area contributed by atoms with Crippen molar-refractivity contribution in [3.63, 3.8) is 0 Å². The molecule has 0 aromatic heterocycles. The molecule has 0 aliphatic heterocycles. The van der Waals surface area contributed by atoms with Gasteiger partial charge in [-0.2, -0.15) is 0 Å². The van der Waals surface area contributed by atoms with E-state index in [-0.39, 0.29) is 12.4 Å². The van der Waals surface area contributed by atoms with Crippen LogP contribution >= 0.6 is 12.4 Å². The Morgan fingerprint density at radius 3 is 1.77 bits per heavy atom. The molecule has 0 spiro atoms. The Hall–Kier alpha value is -1.71. The Labute approximate surface area is 163 Å². The Morgan fingerprint density at radius 1 is 0.808 bits per heavy atom. The van der Waals surface area contributed by atoms with Crippen LogP contribution < -0.4 is 0 Å². The first-order valence-corrected chi connectivity index (χ1v) is 9.47. The van der Waals surface area contributed by atoms with Crippen LogP contribution in [0.5, 0.6) is 11.5 Å². The molecule has 1 aliphatic rings. The Balaban J connectivity index is 0.00000243. The van der Waals surface area contributed by atoms with Gasteiger partial charge in [0.25, 0.3) is 0 Å². The van der Waals surface area contributed by atoms with Crippen molar-refractivity contribution >= 4 is 12.4 Å². The third-order valence-electron chi connectivity index (χ3n) is 5.25. The number of nitrogens with zero attached hydrogens (tertiary/aromatic N) is 1. The summed E-state index contributed by atoms with van der Waals surface area (Å²) in [5, 5.41) is 19.3. The summed E-state index contributed by atoms with van der Waals surface area (Å²) in [5.41, 5.74) is 2.38. The van der Waals surface area contributed by atoms with Crippen LogP contribution in [0, 0.1) is 5.92 Å². The zero-order valence-corrected chi connectivity index (χ0v) is 16.1. The Kier molecular flexibility index (Phi) is 8.27. The molecule has 0 atom stereocenters. The molecule has 3 nitrogen and oxygen atoms in total. The molecular weight excluding hydrogens is 346 g/mol. The molecule has 4 heteroatoms. The maximum atomic E-state index is 9.65. The summed E-state index contributed by atoms with van der Waals surface area (Å²) in [6.07, 6.45) is 7.38. The Morgan fingerprint density at radius 2 is 1.31 bits per heavy atom. The van der Waals surface area contributed by atoms with Crippen LogP contribution in [0.2, 0.25) is 0 Å². The van der Waals surface area contributed by atoms with Gasteiger partial charge < -0.3 is 15.1 Å². The standard InChI is InChI=1S/C22H29NO2.ClH/c24-21-9-3-7-18(15-21)11-13-23(17-20-5-1-2-6-20)14-12-19-8-4-10-22(25)16-19;/h3-4,7-10,15-16,20,24-25H,1-2,5-6,11-14,17H2;1H. The molecule has 0 bridgehead atoms. The lowest BCUT2D eigenvalue weighted by atomic mass is 10.1. The van der Waals surface area contributed by atoms with E-state index in [2.05, 4.69) is 17.0 Å². The van der Waals surface area contributed by atoms with E-state index in [4.69, 9.17) is 0 Å². The average molecular weight is 376 g/mol. The van der Waals surface area contributed by atoms with Crippen LogP contribution in [0.15, 0.2) is 48.5 Å². The molecule has 0 heterocycles. The molecule has 0 unspecified atom stereocenters. The highest BCUT2D eigenvalue weighted by molar-refractivity contribution is 5.85. The smallest absolute Gasteiger partial charge is 0.115 e. The first-order chi connectivity index (χ1) is 12.2. The number of hydrogen-bond acceptors (Lipinski definition) is 3. The number of benzene rings is 2. The highest BCUT2D eigenvalue weighted by Gasteiger charge is 2.18. The van der Waals surface area contributed by atoms with Gasteiger partial charge in [-0.15, -0.1) is 12.4 Å². The van der Waals surface area contributed by atoms with Crippen LogP contribution in [0.1, 0.15) is 36.8 Å². The lowest BCUT2D eigenvalue weighted by Gasteiger charge is -2.25. The van der Waals surface area contributed by atoms with E-state index >= 15 is 0 Å². The highest BCUT2D eigenvalue weighted by atomic mass is 35.5. The van der Waals surface area contributed by atoms with Crippen molar-refractivity contribution in [3.05, 3.63) is 59.7 Å². The maximum Gasteiger partial charge on any atom is 0.115 e. The van der Waals surface area contributed by atoms with E-state index in [9.17, 15) is 10.2 Å². The number of aromatic hydroxyl groups is 2. The lowest BCUT2D eigenvalue weighted by Crippen LogP contribution is -2.32. The van der Waals surface area contributed by atoms with E-state index in [0.717, 1.165) is 38.4 Å². The molecule has 1 saturated carbocycles. The van der Waals surface area contributed by atoms with Crippen molar-refractivity contribution in [1.29, 1.82) is 0 Å². The molecule has 26 heavy (non-hydrogen) atoms. The summed E-state index contributed by atoms with van der Waals surface area (Å²) in [6, 6.07) is 15.2. The number of phenols is 2. The quantitative estimate of drug-likeness (QED) is 0.696.